The molecule has 1 heterocycles. The Balaban J connectivity index is 2.26. The monoisotopic (exact) mass is 409 g/mol. The van der Waals surface area contributed by atoms with Gasteiger partial charge in [0.2, 0.25) is 9.70 Å². The van der Waals surface area contributed by atoms with Crippen LogP contribution in [0.25, 0.3) is 0 Å². The molecular formula is C11H14Cl3NO5S2. The van der Waals surface area contributed by atoms with Crippen LogP contribution in [-0.4, -0.2) is 56.8 Å². The zero-order valence-electron chi connectivity index (χ0n) is 11.2. The van der Waals surface area contributed by atoms with Gasteiger partial charge in [-0.15, -0.1) is 11.8 Å². The topological polar surface area (TPSA) is 84.9 Å². The summed E-state index contributed by atoms with van der Waals surface area (Å²) in [6.07, 6.45) is -0.668. The fraction of sp³-hybridized carbons (Fsp3) is 0.727. The molecule has 0 saturated carbocycles. The highest BCUT2D eigenvalue weighted by molar-refractivity contribution is 8.23. The van der Waals surface area contributed by atoms with E-state index in [4.69, 9.17) is 56.9 Å². The smallest absolute Gasteiger partial charge is 0.434 e. The summed E-state index contributed by atoms with van der Waals surface area (Å²) in [6.45, 7) is -0.431. The number of aliphatic hydroxyl groups is 1. The average Bonchev–Trinajstić information content (AvgIpc) is 2.43. The molecule has 1 rings (SSSR count). The summed E-state index contributed by atoms with van der Waals surface area (Å²) < 4.78 is 8.27. The van der Waals surface area contributed by atoms with Crippen molar-refractivity contribution in [1.29, 1.82) is 0 Å². The highest BCUT2D eigenvalue weighted by Gasteiger charge is 2.41. The number of carbonyl (C=O) groups excluding carboxylic acids is 2. The molecular weight excluding hydrogens is 397 g/mol. The van der Waals surface area contributed by atoms with Gasteiger partial charge < -0.3 is 19.9 Å². The van der Waals surface area contributed by atoms with Gasteiger partial charge in [-0.3, -0.25) is 4.79 Å². The third kappa shape index (κ3) is 7.06. The first-order chi connectivity index (χ1) is 10.2. The lowest BCUT2D eigenvalue weighted by Gasteiger charge is -2.36. The molecule has 1 amide bonds. The molecule has 6 nitrogen and oxygen atoms in total. The van der Waals surface area contributed by atoms with Gasteiger partial charge in [0.15, 0.2) is 0 Å². The van der Waals surface area contributed by atoms with Crippen LogP contribution in [0, 0.1) is 5.92 Å². The molecule has 1 fully saturated rings. The number of thioether (sulfide) groups is 1. The van der Waals surface area contributed by atoms with Crippen LogP contribution in [0.1, 0.15) is 6.42 Å². The van der Waals surface area contributed by atoms with Gasteiger partial charge in [-0.05, 0) is 6.42 Å². The van der Waals surface area contributed by atoms with Crippen molar-refractivity contribution in [1.82, 2.24) is 5.32 Å². The Morgan fingerprint density at radius 1 is 1.41 bits per heavy atom. The third-order valence-electron chi connectivity index (χ3n) is 2.63. The first kappa shape index (κ1) is 20.1. The molecule has 0 spiro atoms. The highest BCUT2D eigenvalue weighted by atomic mass is 35.6. The van der Waals surface area contributed by atoms with Gasteiger partial charge in [0.25, 0.3) is 0 Å². The number of nitrogens with one attached hydrogen (secondary N) is 1. The number of thiocarbonyl (C=S) groups is 1. The highest BCUT2D eigenvalue weighted by Crippen LogP contribution is 2.27. The van der Waals surface area contributed by atoms with Gasteiger partial charge in [-0.25, -0.2) is 4.79 Å². The molecule has 1 saturated heterocycles. The molecule has 0 radical (unpaired) electrons. The van der Waals surface area contributed by atoms with Gasteiger partial charge in [0.05, 0.1) is 29.4 Å². The summed E-state index contributed by atoms with van der Waals surface area (Å²) in [6, 6.07) is -0.264. The van der Waals surface area contributed by atoms with Crippen LogP contribution in [0.15, 0.2) is 0 Å². The summed E-state index contributed by atoms with van der Waals surface area (Å²) in [7, 11) is 0. The Bertz CT molecular complexity index is 432. The number of rotatable bonds is 7. The zero-order chi connectivity index (χ0) is 16.8. The van der Waals surface area contributed by atoms with Gasteiger partial charge in [-0.1, -0.05) is 47.0 Å². The summed E-state index contributed by atoms with van der Waals surface area (Å²) in [5, 5.41) is 11.4. The summed E-state index contributed by atoms with van der Waals surface area (Å²) in [5.74, 6) is -0.0486. The van der Waals surface area contributed by atoms with Crippen LogP contribution in [0.5, 0.6) is 0 Å². The maximum atomic E-state index is 11.5. The van der Waals surface area contributed by atoms with E-state index in [2.05, 4.69) is 10.1 Å². The van der Waals surface area contributed by atoms with Crippen molar-refractivity contribution >= 4 is 75.0 Å². The van der Waals surface area contributed by atoms with E-state index >= 15 is 0 Å². The largest absolute Gasteiger partial charge is 0.508 e. The maximum Gasteiger partial charge on any atom is 0.508 e. The van der Waals surface area contributed by atoms with Crippen molar-refractivity contribution in [3.8, 4) is 0 Å². The Hall–Kier alpha value is 0.01000. The molecule has 22 heavy (non-hydrogen) atoms. The minimum Gasteiger partial charge on any atom is -0.434 e. The number of hydrogen-bond donors (Lipinski definition) is 2. The second kappa shape index (κ2) is 9.34. The molecule has 0 aliphatic carbocycles. The number of halogens is 3. The second-order valence-electron chi connectivity index (χ2n) is 4.27. The van der Waals surface area contributed by atoms with E-state index in [1.165, 1.54) is 11.8 Å². The van der Waals surface area contributed by atoms with Gasteiger partial charge in [0, 0.05) is 5.75 Å². The Morgan fingerprint density at radius 3 is 2.64 bits per heavy atom. The number of alkyl halides is 3. The van der Waals surface area contributed by atoms with E-state index in [9.17, 15) is 9.59 Å². The molecule has 1 aliphatic heterocycles. The van der Waals surface area contributed by atoms with E-state index in [0.717, 1.165) is 0 Å². The van der Waals surface area contributed by atoms with E-state index in [-0.39, 0.29) is 31.1 Å². The summed E-state index contributed by atoms with van der Waals surface area (Å²) in [4.78, 5) is 22.7. The van der Waals surface area contributed by atoms with Crippen molar-refractivity contribution in [2.75, 3.05) is 25.6 Å². The number of β-lactam (4-membered cyclic amide) rings is 1. The molecule has 0 bridgehead atoms. The second-order valence-corrected chi connectivity index (χ2v) is 8.63. The van der Waals surface area contributed by atoms with E-state index in [1.54, 1.807) is 0 Å². The Morgan fingerprint density at radius 2 is 2.09 bits per heavy atom. The molecule has 1 aliphatic rings. The van der Waals surface area contributed by atoms with Crippen molar-refractivity contribution in [2.45, 2.75) is 16.3 Å². The minimum absolute atomic E-state index is 0.00823. The van der Waals surface area contributed by atoms with Crippen molar-refractivity contribution in [3.63, 3.8) is 0 Å². The molecule has 0 aromatic heterocycles. The van der Waals surface area contributed by atoms with Gasteiger partial charge in [-0.2, -0.15) is 0 Å². The molecule has 126 valence electrons. The van der Waals surface area contributed by atoms with E-state index in [1.807, 2.05) is 0 Å². The standard InChI is InChI=1S/C11H14Cl3NO5S2/c12-11(13,14)5-20-10(18)19-3-1-6-7(15-8(6)17)9(21)22-4-2-16/h6-7,16H,1-5H2,(H,15,17)/t6-,7+/m0/s1. The molecule has 2 atom stereocenters. The summed E-state index contributed by atoms with van der Waals surface area (Å²) >= 11 is 22.7. The van der Waals surface area contributed by atoms with Crippen molar-refractivity contribution < 1.29 is 24.2 Å². The number of carbonyl (C=O) groups is 2. The third-order valence-corrected chi connectivity index (χ3v) is 4.49. The van der Waals surface area contributed by atoms with Crippen molar-refractivity contribution in [3.05, 3.63) is 0 Å². The normalized spacial score (nSPS) is 20.8. The van der Waals surface area contributed by atoms with E-state index in [0.29, 0.717) is 16.4 Å². The average molecular weight is 411 g/mol. The fourth-order valence-corrected chi connectivity index (χ4v) is 2.96. The fourth-order valence-electron chi connectivity index (χ4n) is 1.62. The number of ether oxygens (including phenoxy) is 2. The summed E-state index contributed by atoms with van der Waals surface area (Å²) in [5.41, 5.74) is 0. The lowest BCUT2D eigenvalue weighted by molar-refractivity contribution is -0.133. The van der Waals surface area contributed by atoms with Crippen molar-refractivity contribution in [2.24, 2.45) is 5.92 Å². The van der Waals surface area contributed by atoms with Crippen LogP contribution < -0.4 is 5.32 Å². The first-order valence-corrected chi connectivity index (χ1v) is 8.71. The Kier molecular flexibility index (Phi) is 8.52. The number of hydrogen-bond acceptors (Lipinski definition) is 7. The minimum atomic E-state index is -1.70. The molecule has 2 N–H and O–H groups in total. The zero-order valence-corrected chi connectivity index (χ0v) is 15.1. The molecule has 0 aromatic carbocycles. The molecule has 11 heteroatoms. The SMILES string of the molecule is O=C(OCC[C@@H]1C(=O)N[C@H]1C(=S)SCCO)OCC(Cl)(Cl)Cl. The maximum absolute atomic E-state index is 11.5. The molecule has 0 unspecified atom stereocenters. The predicted octanol–water partition coefficient (Wildman–Crippen LogP) is 2.07. The van der Waals surface area contributed by atoms with Crippen LogP contribution >= 0.6 is 58.8 Å². The Labute approximate surface area is 152 Å². The van der Waals surface area contributed by atoms with Gasteiger partial charge in [0.1, 0.15) is 6.61 Å². The van der Waals surface area contributed by atoms with Crippen LogP contribution in [-0.2, 0) is 14.3 Å². The van der Waals surface area contributed by atoms with Gasteiger partial charge >= 0.3 is 6.16 Å². The van der Waals surface area contributed by atoms with Crippen LogP contribution in [0.3, 0.4) is 0 Å². The lowest BCUT2D eigenvalue weighted by Crippen LogP contribution is -2.61. The molecule has 0 aromatic rings. The number of aliphatic hydroxyl groups excluding tert-OH is 1. The lowest BCUT2D eigenvalue weighted by atomic mass is 9.89. The number of amides is 1. The van der Waals surface area contributed by atoms with E-state index < -0.39 is 16.6 Å². The van der Waals surface area contributed by atoms with Crippen LogP contribution in [0.2, 0.25) is 0 Å². The predicted molar refractivity (Wildman–Crippen MR) is 89.8 cm³/mol. The van der Waals surface area contributed by atoms with Crippen LogP contribution in [0.4, 0.5) is 4.79 Å². The quantitative estimate of drug-likeness (QED) is 0.288. The first-order valence-electron chi connectivity index (χ1n) is 6.19.